The Labute approximate surface area is 139 Å². The minimum absolute atomic E-state index is 0.0955. The first-order valence-electron chi connectivity index (χ1n) is 7.42. The molecule has 1 amide bonds. The number of hydrogen-bond donors (Lipinski definition) is 3. The second kappa shape index (κ2) is 7.68. The number of nitrogens with one attached hydrogen (secondary N) is 2. The van der Waals surface area contributed by atoms with E-state index in [2.05, 4.69) is 10.6 Å². The van der Waals surface area contributed by atoms with E-state index in [4.69, 9.17) is 0 Å². The van der Waals surface area contributed by atoms with Crippen LogP contribution in [0.3, 0.4) is 0 Å². The fourth-order valence-electron chi connectivity index (χ4n) is 2.14. The third-order valence-electron chi connectivity index (χ3n) is 3.47. The molecule has 0 fully saturated rings. The van der Waals surface area contributed by atoms with Crippen LogP contribution < -0.4 is 10.6 Å². The van der Waals surface area contributed by atoms with Gasteiger partial charge in [-0.1, -0.05) is 6.07 Å². The fraction of sp³-hybridized carbons (Fsp3) is 0.353. The normalized spacial score (nSPS) is 15.0. The number of amides is 1. The molecule has 0 saturated heterocycles. The van der Waals surface area contributed by atoms with Crippen LogP contribution in [0.5, 0.6) is 0 Å². The molecule has 0 bridgehead atoms. The van der Waals surface area contributed by atoms with Gasteiger partial charge in [-0.15, -0.1) is 11.3 Å². The number of halogens is 1. The second-order valence-corrected chi connectivity index (χ2v) is 6.74. The molecule has 124 valence electrons. The standard InChI is InChI=1S/C17H21FN2O2S/c1-12(19-11-17(2,22)15-4-3-9-23-15)10-16(21)20-14-7-5-13(18)6-8-14/h3-9,12,19,22H,10-11H2,1-2H3,(H,20,21). The maximum Gasteiger partial charge on any atom is 0.225 e. The molecular formula is C17H21FN2O2S. The first-order valence-corrected chi connectivity index (χ1v) is 8.30. The zero-order valence-corrected chi connectivity index (χ0v) is 14.0. The highest BCUT2D eigenvalue weighted by molar-refractivity contribution is 7.10. The summed E-state index contributed by atoms with van der Waals surface area (Å²) in [6.07, 6.45) is 0.262. The molecule has 0 aliphatic rings. The van der Waals surface area contributed by atoms with Crippen molar-refractivity contribution in [1.29, 1.82) is 0 Å². The van der Waals surface area contributed by atoms with Crippen LogP contribution in [0.1, 0.15) is 25.1 Å². The minimum Gasteiger partial charge on any atom is -0.383 e. The van der Waals surface area contributed by atoms with Crippen LogP contribution in [0.4, 0.5) is 10.1 Å². The summed E-state index contributed by atoms with van der Waals surface area (Å²) in [6, 6.07) is 9.33. The zero-order valence-electron chi connectivity index (χ0n) is 13.2. The average molecular weight is 336 g/mol. The lowest BCUT2D eigenvalue weighted by Gasteiger charge is -2.25. The number of rotatable bonds is 7. The molecule has 2 rings (SSSR count). The molecule has 23 heavy (non-hydrogen) atoms. The van der Waals surface area contributed by atoms with Crippen LogP contribution in [-0.2, 0) is 10.4 Å². The van der Waals surface area contributed by atoms with Crippen molar-refractivity contribution in [2.75, 3.05) is 11.9 Å². The Morgan fingerprint density at radius 3 is 2.65 bits per heavy atom. The molecule has 1 aromatic carbocycles. The lowest BCUT2D eigenvalue weighted by Crippen LogP contribution is -2.40. The Bertz CT molecular complexity index is 627. The van der Waals surface area contributed by atoms with Crippen LogP contribution in [-0.4, -0.2) is 23.6 Å². The molecule has 1 aromatic heterocycles. The number of hydrogen-bond acceptors (Lipinski definition) is 4. The highest BCUT2D eigenvalue weighted by atomic mass is 32.1. The first kappa shape index (κ1) is 17.6. The van der Waals surface area contributed by atoms with Crippen LogP contribution in [0.15, 0.2) is 41.8 Å². The molecular weight excluding hydrogens is 315 g/mol. The Morgan fingerprint density at radius 2 is 2.04 bits per heavy atom. The summed E-state index contributed by atoms with van der Waals surface area (Å²) >= 11 is 1.50. The van der Waals surface area contributed by atoms with Gasteiger partial charge in [-0.3, -0.25) is 4.79 Å². The predicted molar refractivity (Wildman–Crippen MR) is 91.0 cm³/mol. The lowest BCUT2D eigenvalue weighted by molar-refractivity contribution is -0.116. The van der Waals surface area contributed by atoms with Crippen LogP contribution in [0, 0.1) is 5.82 Å². The number of anilines is 1. The van der Waals surface area contributed by atoms with Gasteiger partial charge in [0.05, 0.1) is 0 Å². The van der Waals surface area contributed by atoms with E-state index in [1.807, 2.05) is 24.4 Å². The van der Waals surface area contributed by atoms with Crippen molar-refractivity contribution in [2.45, 2.75) is 31.9 Å². The smallest absolute Gasteiger partial charge is 0.225 e. The summed E-state index contributed by atoms with van der Waals surface area (Å²) in [4.78, 5) is 12.8. The van der Waals surface area contributed by atoms with Crippen molar-refractivity contribution in [3.05, 3.63) is 52.5 Å². The van der Waals surface area contributed by atoms with Crippen LogP contribution >= 0.6 is 11.3 Å². The van der Waals surface area contributed by atoms with Gasteiger partial charge < -0.3 is 15.7 Å². The van der Waals surface area contributed by atoms with Gasteiger partial charge in [0.2, 0.25) is 5.91 Å². The fourth-order valence-corrected chi connectivity index (χ4v) is 2.93. The number of carbonyl (C=O) groups excluding carboxylic acids is 1. The summed E-state index contributed by atoms with van der Waals surface area (Å²) in [7, 11) is 0. The molecule has 3 N–H and O–H groups in total. The van der Waals surface area contributed by atoms with Gasteiger partial charge >= 0.3 is 0 Å². The van der Waals surface area contributed by atoms with E-state index < -0.39 is 5.60 Å². The monoisotopic (exact) mass is 336 g/mol. The van der Waals surface area contributed by atoms with E-state index in [9.17, 15) is 14.3 Å². The van der Waals surface area contributed by atoms with Gasteiger partial charge in [0.1, 0.15) is 11.4 Å². The van der Waals surface area contributed by atoms with Gasteiger partial charge in [0.25, 0.3) is 0 Å². The molecule has 0 saturated carbocycles. The number of aliphatic hydroxyl groups is 1. The molecule has 0 aliphatic heterocycles. The molecule has 2 aromatic rings. The Balaban J connectivity index is 1.79. The number of thiophene rings is 1. The van der Waals surface area contributed by atoms with Crippen LogP contribution in [0.25, 0.3) is 0 Å². The second-order valence-electron chi connectivity index (χ2n) is 5.79. The van der Waals surface area contributed by atoms with E-state index in [-0.39, 0.29) is 24.2 Å². The Morgan fingerprint density at radius 1 is 1.35 bits per heavy atom. The summed E-state index contributed by atoms with van der Waals surface area (Å²) in [5.74, 6) is -0.499. The molecule has 4 nitrogen and oxygen atoms in total. The van der Waals surface area contributed by atoms with Gasteiger partial charge in [0.15, 0.2) is 0 Å². The Kier molecular flexibility index (Phi) is 5.87. The summed E-state index contributed by atoms with van der Waals surface area (Å²) in [6.45, 7) is 3.99. The lowest BCUT2D eigenvalue weighted by atomic mass is 10.0. The number of benzene rings is 1. The van der Waals surface area contributed by atoms with E-state index in [1.165, 1.54) is 35.6 Å². The maximum atomic E-state index is 12.8. The van der Waals surface area contributed by atoms with Crippen molar-refractivity contribution in [1.82, 2.24) is 5.32 Å². The van der Waals surface area contributed by atoms with Gasteiger partial charge in [-0.2, -0.15) is 0 Å². The maximum absolute atomic E-state index is 12.8. The quantitative estimate of drug-likeness (QED) is 0.728. The van der Waals surface area contributed by atoms with Crippen molar-refractivity contribution in [3.8, 4) is 0 Å². The van der Waals surface area contributed by atoms with Crippen molar-refractivity contribution >= 4 is 22.9 Å². The molecule has 6 heteroatoms. The van der Waals surface area contributed by atoms with E-state index in [1.54, 1.807) is 6.92 Å². The number of carbonyl (C=O) groups is 1. The highest BCUT2D eigenvalue weighted by Gasteiger charge is 2.24. The largest absolute Gasteiger partial charge is 0.383 e. The average Bonchev–Trinajstić information content (AvgIpc) is 3.03. The van der Waals surface area contributed by atoms with Gasteiger partial charge in [-0.05, 0) is 49.6 Å². The molecule has 0 radical (unpaired) electrons. The molecule has 2 atom stereocenters. The predicted octanol–water partition coefficient (Wildman–Crippen LogP) is 3.10. The summed E-state index contributed by atoms with van der Waals surface area (Å²) in [5.41, 5.74) is -0.398. The van der Waals surface area contributed by atoms with Crippen molar-refractivity contribution < 1.29 is 14.3 Å². The minimum atomic E-state index is -0.962. The SMILES string of the molecule is CC(CC(=O)Nc1ccc(F)cc1)NCC(C)(O)c1cccs1. The van der Waals surface area contributed by atoms with Gasteiger partial charge in [-0.25, -0.2) is 4.39 Å². The third kappa shape index (κ3) is 5.42. The van der Waals surface area contributed by atoms with Crippen LogP contribution in [0.2, 0.25) is 0 Å². The Hall–Kier alpha value is -1.76. The molecule has 2 unspecified atom stereocenters. The van der Waals surface area contributed by atoms with E-state index in [0.717, 1.165) is 4.88 Å². The zero-order chi connectivity index (χ0) is 16.9. The first-order chi connectivity index (χ1) is 10.9. The third-order valence-corrected chi connectivity index (χ3v) is 4.59. The highest BCUT2D eigenvalue weighted by Crippen LogP contribution is 2.24. The molecule has 1 heterocycles. The molecule has 0 aliphatic carbocycles. The van der Waals surface area contributed by atoms with E-state index >= 15 is 0 Å². The summed E-state index contributed by atoms with van der Waals surface area (Å²) in [5, 5.41) is 18.2. The summed E-state index contributed by atoms with van der Waals surface area (Å²) < 4.78 is 12.8. The topological polar surface area (TPSA) is 61.4 Å². The van der Waals surface area contributed by atoms with Crippen molar-refractivity contribution in [3.63, 3.8) is 0 Å². The molecule has 0 spiro atoms. The van der Waals surface area contributed by atoms with Crippen molar-refractivity contribution in [2.24, 2.45) is 0 Å². The van der Waals surface area contributed by atoms with Gasteiger partial charge in [0, 0.05) is 29.6 Å². The van der Waals surface area contributed by atoms with E-state index in [0.29, 0.717) is 12.2 Å².